The maximum atomic E-state index is 11.9. The van der Waals surface area contributed by atoms with Crippen LogP contribution in [0.4, 0.5) is 0 Å². The van der Waals surface area contributed by atoms with Crippen LogP contribution in [0, 0.1) is 0 Å². The van der Waals surface area contributed by atoms with E-state index in [4.69, 9.17) is 11.5 Å². The molecule has 1 amide bonds. The highest BCUT2D eigenvalue weighted by Crippen LogP contribution is 2.15. The third-order valence-corrected chi connectivity index (χ3v) is 3.37. The summed E-state index contributed by atoms with van der Waals surface area (Å²) >= 11 is 0. The molecule has 21 heavy (non-hydrogen) atoms. The Balaban J connectivity index is 2.42. The molecule has 0 radical (unpaired) electrons. The van der Waals surface area contributed by atoms with E-state index in [9.17, 15) is 9.59 Å². The van der Waals surface area contributed by atoms with E-state index in [1.165, 1.54) is 0 Å². The van der Waals surface area contributed by atoms with Crippen LogP contribution in [0.25, 0.3) is 0 Å². The van der Waals surface area contributed by atoms with Gasteiger partial charge in [-0.15, -0.1) is 0 Å². The number of hydrogen-bond donors (Lipinski definition) is 4. The second-order valence-electron chi connectivity index (χ2n) is 5.07. The fourth-order valence-corrected chi connectivity index (χ4v) is 2.38. The van der Waals surface area contributed by atoms with Crippen LogP contribution in [0.5, 0.6) is 0 Å². The Morgan fingerprint density at radius 2 is 2.29 bits per heavy atom. The minimum absolute atomic E-state index is 0.00709. The minimum Gasteiger partial charge on any atom is -0.370 e. The Morgan fingerprint density at radius 1 is 1.52 bits per heavy atom. The summed E-state index contributed by atoms with van der Waals surface area (Å²) in [6, 6.07) is -0.528. The van der Waals surface area contributed by atoms with Crippen LogP contribution in [0.3, 0.4) is 0 Å². The minimum atomic E-state index is -0.325. The first-order valence-electron chi connectivity index (χ1n) is 7.39. The number of aldehydes is 1. The number of guanidine groups is 1. The maximum Gasteiger partial charge on any atom is 0.238 e. The number of nitrogens with one attached hydrogen (secondary N) is 2. The van der Waals surface area contributed by atoms with Crippen molar-refractivity contribution in [3.8, 4) is 0 Å². The topological polar surface area (TPSA) is 126 Å². The van der Waals surface area contributed by atoms with Gasteiger partial charge in [-0.1, -0.05) is 0 Å². The predicted molar refractivity (Wildman–Crippen MR) is 81.3 cm³/mol. The van der Waals surface area contributed by atoms with Gasteiger partial charge in [-0.05, 0) is 32.6 Å². The summed E-state index contributed by atoms with van der Waals surface area (Å²) in [5.41, 5.74) is 13.6. The zero-order valence-electron chi connectivity index (χ0n) is 12.5. The number of hydrogen-bond acceptors (Lipinski definition) is 5. The Morgan fingerprint density at radius 3 is 2.90 bits per heavy atom. The lowest BCUT2D eigenvalue weighted by Crippen LogP contribution is -2.53. The predicted octanol–water partition coefficient (Wildman–Crippen LogP) is -1.29. The first-order chi connectivity index (χ1) is 10.1. The Labute approximate surface area is 125 Å². The van der Waals surface area contributed by atoms with Gasteiger partial charge in [0.25, 0.3) is 0 Å². The standard InChI is InChI=1S/C13H26N6O2/c1-2-16-12(21)11-6-4-8-19(11)18-10(9-20)5-3-7-17-13(14)15/h9-11,18H,2-8H2,1H3,(H,16,21)(H4,14,15,17)/t10-,11-/m0/s1. The van der Waals surface area contributed by atoms with Crippen molar-refractivity contribution in [3.63, 3.8) is 0 Å². The molecule has 1 saturated heterocycles. The lowest BCUT2D eigenvalue weighted by molar-refractivity contribution is -0.127. The second-order valence-corrected chi connectivity index (χ2v) is 5.07. The molecule has 1 fully saturated rings. The van der Waals surface area contributed by atoms with Crippen molar-refractivity contribution < 1.29 is 9.59 Å². The molecule has 8 nitrogen and oxygen atoms in total. The number of nitrogens with two attached hydrogens (primary N) is 2. The number of aliphatic imine (C=N–C) groups is 1. The Bertz CT molecular complexity index is 370. The van der Waals surface area contributed by atoms with Crippen LogP contribution < -0.4 is 22.2 Å². The van der Waals surface area contributed by atoms with Gasteiger partial charge in [-0.2, -0.15) is 0 Å². The molecule has 1 rings (SSSR count). The van der Waals surface area contributed by atoms with Crippen LogP contribution in [0.15, 0.2) is 4.99 Å². The molecule has 0 aromatic heterocycles. The molecule has 1 heterocycles. The van der Waals surface area contributed by atoms with Crippen molar-refractivity contribution in [3.05, 3.63) is 0 Å². The first kappa shape index (κ1) is 17.4. The van der Waals surface area contributed by atoms with Crippen molar-refractivity contribution in [2.45, 2.75) is 44.7 Å². The summed E-state index contributed by atoms with van der Waals surface area (Å²) < 4.78 is 0. The zero-order valence-corrected chi connectivity index (χ0v) is 12.5. The molecule has 1 aliphatic heterocycles. The average Bonchev–Trinajstić information content (AvgIpc) is 2.90. The lowest BCUT2D eigenvalue weighted by atomic mass is 10.2. The number of amides is 1. The molecule has 2 atom stereocenters. The van der Waals surface area contributed by atoms with E-state index in [1.54, 1.807) is 0 Å². The quantitative estimate of drug-likeness (QED) is 0.182. The van der Waals surface area contributed by atoms with Gasteiger partial charge in [0.2, 0.25) is 5.91 Å². The SMILES string of the molecule is CCNC(=O)[C@@H]1CCCN1N[C@H](C=O)CCCN=C(N)N. The van der Waals surface area contributed by atoms with E-state index in [-0.39, 0.29) is 24.0 Å². The second kappa shape index (κ2) is 9.30. The molecule has 1 aliphatic rings. The highest BCUT2D eigenvalue weighted by molar-refractivity contribution is 5.81. The number of carbonyl (C=O) groups is 2. The van der Waals surface area contributed by atoms with E-state index < -0.39 is 0 Å². The third kappa shape index (κ3) is 6.09. The molecule has 120 valence electrons. The van der Waals surface area contributed by atoms with Crippen molar-refractivity contribution >= 4 is 18.2 Å². The van der Waals surface area contributed by atoms with E-state index in [0.717, 1.165) is 25.7 Å². The summed E-state index contributed by atoms with van der Waals surface area (Å²) in [6.45, 7) is 3.76. The van der Waals surface area contributed by atoms with E-state index in [2.05, 4.69) is 15.7 Å². The monoisotopic (exact) mass is 298 g/mol. The highest BCUT2D eigenvalue weighted by atomic mass is 16.2. The van der Waals surface area contributed by atoms with Crippen molar-refractivity contribution in [1.82, 2.24) is 15.8 Å². The van der Waals surface area contributed by atoms with Crippen molar-refractivity contribution in [1.29, 1.82) is 0 Å². The van der Waals surface area contributed by atoms with Crippen LogP contribution in [0.2, 0.25) is 0 Å². The summed E-state index contributed by atoms with van der Waals surface area (Å²) in [7, 11) is 0. The summed E-state index contributed by atoms with van der Waals surface area (Å²) in [6.07, 6.45) is 3.93. The van der Waals surface area contributed by atoms with Crippen molar-refractivity contribution in [2.75, 3.05) is 19.6 Å². The smallest absolute Gasteiger partial charge is 0.238 e. The zero-order chi connectivity index (χ0) is 15.7. The van der Waals surface area contributed by atoms with Crippen LogP contribution in [0.1, 0.15) is 32.6 Å². The molecule has 0 aromatic carbocycles. The van der Waals surface area contributed by atoms with Gasteiger partial charge in [-0.3, -0.25) is 9.79 Å². The number of likely N-dealkylation sites (N-methyl/N-ethyl adjacent to an activating group) is 1. The average molecular weight is 298 g/mol. The molecule has 8 heteroatoms. The van der Waals surface area contributed by atoms with Crippen molar-refractivity contribution in [2.24, 2.45) is 16.5 Å². The highest BCUT2D eigenvalue weighted by Gasteiger charge is 2.31. The van der Waals surface area contributed by atoms with Gasteiger partial charge in [0, 0.05) is 19.6 Å². The molecule has 0 unspecified atom stereocenters. The third-order valence-electron chi connectivity index (χ3n) is 3.37. The molecular weight excluding hydrogens is 272 g/mol. The first-order valence-corrected chi connectivity index (χ1v) is 7.39. The molecule has 0 aromatic rings. The molecule has 0 spiro atoms. The van der Waals surface area contributed by atoms with E-state index in [0.29, 0.717) is 25.9 Å². The molecule has 0 bridgehead atoms. The van der Waals surface area contributed by atoms with Crippen LogP contribution >= 0.6 is 0 Å². The molecule has 0 aliphatic carbocycles. The fourth-order valence-electron chi connectivity index (χ4n) is 2.38. The van der Waals surface area contributed by atoms with Crippen LogP contribution in [-0.4, -0.2) is 54.9 Å². The normalized spacial score (nSPS) is 20.0. The summed E-state index contributed by atoms with van der Waals surface area (Å²) in [5.74, 6) is 0.0640. The number of hydrazine groups is 1. The molecular formula is C13H26N6O2. The number of carbonyl (C=O) groups excluding carboxylic acids is 2. The van der Waals surface area contributed by atoms with Gasteiger partial charge in [0.05, 0.1) is 6.04 Å². The van der Waals surface area contributed by atoms with E-state index in [1.807, 2.05) is 11.9 Å². The van der Waals surface area contributed by atoms with Gasteiger partial charge < -0.3 is 21.6 Å². The summed E-state index contributed by atoms with van der Waals surface area (Å²) in [4.78, 5) is 27.0. The lowest BCUT2D eigenvalue weighted by Gasteiger charge is -2.27. The Hall–Kier alpha value is -1.67. The van der Waals surface area contributed by atoms with Gasteiger partial charge >= 0.3 is 0 Å². The molecule has 6 N–H and O–H groups in total. The van der Waals surface area contributed by atoms with E-state index >= 15 is 0 Å². The van der Waals surface area contributed by atoms with Gasteiger partial charge in [0.15, 0.2) is 5.96 Å². The van der Waals surface area contributed by atoms with Gasteiger partial charge in [0.1, 0.15) is 12.3 Å². The maximum absolute atomic E-state index is 11.9. The molecule has 0 saturated carbocycles. The Kier molecular flexibility index (Phi) is 7.70. The summed E-state index contributed by atoms with van der Waals surface area (Å²) in [5, 5.41) is 4.68. The largest absolute Gasteiger partial charge is 0.370 e. The fraction of sp³-hybridized carbons (Fsp3) is 0.769. The van der Waals surface area contributed by atoms with Gasteiger partial charge in [-0.25, -0.2) is 10.4 Å². The number of nitrogens with zero attached hydrogens (tertiary/aromatic N) is 2. The van der Waals surface area contributed by atoms with Crippen LogP contribution in [-0.2, 0) is 9.59 Å². The number of rotatable bonds is 9.